The number of anilines is 1. The Bertz CT molecular complexity index is 737. The van der Waals surface area contributed by atoms with Crippen LogP contribution in [-0.2, 0) is 10.3 Å². The van der Waals surface area contributed by atoms with Crippen LogP contribution < -0.4 is 5.32 Å². The number of carboxylic acid groups (broad SMARTS) is 1. The molecule has 22 heavy (non-hydrogen) atoms. The summed E-state index contributed by atoms with van der Waals surface area (Å²) in [6.45, 7) is 4.80. The quantitative estimate of drug-likeness (QED) is 0.906. The molecule has 0 fully saturated rings. The van der Waals surface area contributed by atoms with Crippen LogP contribution in [0.4, 0.5) is 5.69 Å². The number of rotatable bonds is 4. The molecule has 0 saturated heterocycles. The lowest BCUT2D eigenvalue weighted by Gasteiger charge is -2.19. The number of nitrogens with zero attached hydrogens (tertiary/aromatic N) is 2. The molecule has 0 aliphatic rings. The lowest BCUT2D eigenvalue weighted by atomic mass is 10.1. The normalized spacial score (nSPS) is 11.3. The van der Waals surface area contributed by atoms with Crippen LogP contribution in [0.2, 0.25) is 5.02 Å². The minimum atomic E-state index is -1.20. The average molecular weight is 322 g/mol. The molecule has 1 amide bonds. The number of hydrogen-bond donors (Lipinski definition) is 2. The summed E-state index contributed by atoms with van der Waals surface area (Å²) in [6.07, 6.45) is 2.88. The molecule has 7 heteroatoms. The van der Waals surface area contributed by atoms with Gasteiger partial charge in [0.15, 0.2) is 5.54 Å². The summed E-state index contributed by atoms with van der Waals surface area (Å²) in [4.78, 5) is 23.5. The first-order valence-electron chi connectivity index (χ1n) is 6.58. The van der Waals surface area contributed by atoms with Gasteiger partial charge in [0.25, 0.3) is 5.91 Å². The number of aliphatic carboxylic acids is 1. The summed E-state index contributed by atoms with van der Waals surface area (Å²) in [7, 11) is 0. The van der Waals surface area contributed by atoms with E-state index >= 15 is 0 Å². The van der Waals surface area contributed by atoms with Gasteiger partial charge >= 0.3 is 5.97 Å². The Morgan fingerprint density at radius 3 is 2.68 bits per heavy atom. The third-order valence-electron chi connectivity index (χ3n) is 3.45. The van der Waals surface area contributed by atoms with Crippen molar-refractivity contribution < 1.29 is 14.7 Å². The molecule has 0 atom stereocenters. The number of halogens is 1. The summed E-state index contributed by atoms with van der Waals surface area (Å²) in [5.74, 6) is -1.34. The molecule has 2 rings (SSSR count). The van der Waals surface area contributed by atoms with Gasteiger partial charge in [-0.05, 0) is 38.5 Å². The van der Waals surface area contributed by atoms with E-state index in [1.807, 2.05) is 0 Å². The highest BCUT2D eigenvalue weighted by Gasteiger charge is 2.30. The van der Waals surface area contributed by atoms with Crippen molar-refractivity contribution in [1.82, 2.24) is 9.78 Å². The lowest BCUT2D eigenvalue weighted by molar-refractivity contribution is -0.146. The molecule has 1 aromatic carbocycles. The summed E-state index contributed by atoms with van der Waals surface area (Å²) in [5, 5.41) is 16.4. The number of hydrogen-bond acceptors (Lipinski definition) is 3. The van der Waals surface area contributed by atoms with Gasteiger partial charge in [-0.2, -0.15) is 5.10 Å². The van der Waals surface area contributed by atoms with Crippen LogP contribution in [0.15, 0.2) is 30.6 Å². The maximum atomic E-state index is 12.3. The van der Waals surface area contributed by atoms with Crippen LogP contribution in [0.5, 0.6) is 0 Å². The van der Waals surface area contributed by atoms with E-state index in [1.54, 1.807) is 25.1 Å². The van der Waals surface area contributed by atoms with Gasteiger partial charge in [0, 0.05) is 16.8 Å². The third-order valence-corrected chi connectivity index (χ3v) is 3.86. The molecule has 1 heterocycles. The van der Waals surface area contributed by atoms with Gasteiger partial charge in [-0.3, -0.25) is 9.48 Å². The van der Waals surface area contributed by atoms with E-state index in [0.717, 1.165) is 0 Å². The van der Waals surface area contributed by atoms with Crippen molar-refractivity contribution in [2.45, 2.75) is 26.3 Å². The van der Waals surface area contributed by atoms with Crippen molar-refractivity contribution in [3.63, 3.8) is 0 Å². The second-order valence-electron chi connectivity index (χ2n) is 5.40. The fraction of sp³-hybridized carbons (Fsp3) is 0.267. The highest BCUT2D eigenvalue weighted by Crippen LogP contribution is 2.21. The van der Waals surface area contributed by atoms with Crippen molar-refractivity contribution in [3.05, 3.63) is 46.7 Å². The molecule has 0 saturated carbocycles. The van der Waals surface area contributed by atoms with Gasteiger partial charge in [0.1, 0.15) is 0 Å². The zero-order valence-electron chi connectivity index (χ0n) is 12.4. The predicted octanol–water partition coefficient (Wildman–Crippen LogP) is 2.92. The van der Waals surface area contributed by atoms with Crippen LogP contribution in [-0.4, -0.2) is 26.8 Å². The van der Waals surface area contributed by atoms with E-state index in [4.69, 9.17) is 16.7 Å². The second-order valence-corrected chi connectivity index (χ2v) is 5.81. The molecule has 0 bridgehead atoms. The molecule has 0 spiro atoms. The van der Waals surface area contributed by atoms with Gasteiger partial charge in [-0.25, -0.2) is 4.79 Å². The Kier molecular flexibility index (Phi) is 4.23. The Morgan fingerprint density at radius 2 is 2.05 bits per heavy atom. The summed E-state index contributed by atoms with van der Waals surface area (Å²) in [6, 6.07) is 5.07. The van der Waals surface area contributed by atoms with Crippen LogP contribution in [0.1, 0.15) is 29.8 Å². The van der Waals surface area contributed by atoms with Crippen molar-refractivity contribution >= 4 is 29.2 Å². The summed E-state index contributed by atoms with van der Waals surface area (Å²) >= 11 is 6.00. The number of aromatic nitrogens is 2. The summed E-state index contributed by atoms with van der Waals surface area (Å²) in [5.41, 5.74) is 0.353. The van der Waals surface area contributed by atoms with Gasteiger partial charge in [-0.1, -0.05) is 17.7 Å². The fourth-order valence-electron chi connectivity index (χ4n) is 1.84. The van der Waals surface area contributed by atoms with E-state index in [1.165, 1.54) is 30.9 Å². The minimum absolute atomic E-state index is 0.326. The highest BCUT2D eigenvalue weighted by atomic mass is 35.5. The van der Waals surface area contributed by atoms with E-state index in [-0.39, 0.29) is 5.91 Å². The predicted molar refractivity (Wildman–Crippen MR) is 83.3 cm³/mol. The Balaban J connectivity index is 2.22. The topological polar surface area (TPSA) is 84.2 Å². The van der Waals surface area contributed by atoms with Crippen molar-refractivity contribution in [2.24, 2.45) is 0 Å². The first-order valence-corrected chi connectivity index (χ1v) is 6.96. The molecule has 0 unspecified atom stereocenters. The molecular weight excluding hydrogens is 306 g/mol. The van der Waals surface area contributed by atoms with Gasteiger partial charge in [0.2, 0.25) is 0 Å². The van der Waals surface area contributed by atoms with Gasteiger partial charge in [0.05, 0.1) is 11.9 Å². The van der Waals surface area contributed by atoms with E-state index in [0.29, 0.717) is 21.8 Å². The maximum Gasteiger partial charge on any atom is 0.331 e. The number of carbonyl (C=O) groups excluding carboxylic acids is 1. The standard InChI is InChI=1S/C15H16ClN3O3/c1-9-11(5-4-6-12(9)16)13(20)18-10-7-17-19(8-10)15(2,3)14(21)22/h4-8H,1-3H3,(H,18,20)(H,21,22). The van der Waals surface area contributed by atoms with E-state index in [2.05, 4.69) is 10.4 Å². The van der Waals surface area contributed by atoms with Crippen LogP contribution in [0.25, 0.3) is 0 Å². The van der Waals surface area contributed by atoms with Crippen LogP contribution in [0, 0.1) is 6.92 Å². The Morgan fingerprint density at radius 1 is 1.36 bits per heavy atom. The molecule has 6 nitrogen and oxygen atoms in total. The van der Waals surface area contributed by atoms with Crippen molar-refractivity contribution in [1.29, 1.82) is 0 Å². The molecule has 1 aromatic heterocycles. The molecule has 116 valence electrons. The SMILES string of the molecule is Cc1c(Cl)cccc1C(=O)Nc1cnn(C(C)(C)C(=O)O)c1. The molecule has 2 aromatic rings. The zero-order chi connectivity index (χ0) is 16.5. The van der Waals surface area contributed by atoms with Crippen molar-refractivity contribution in [3.8, 4) is 0 Å². The molecule has 0 aliphatic heterocycles. The molecule has 0 aliphatic carbocycles. The number of carboxylic acids is 1. The Hall–Kier alpha value is -2.34. The second kappa shape index (κ2) is 5.81. The molecule has 2 N–H and O–H groups in total. The Labute approximate surface area is 132 Å². The number of benzene rings is 1. The highest BCUT2D eigenvalue weighted by molar-refractivity contribution is 6.32. The number of carbonyl (C=O) groups is 2. The minimum Gasteiger partial charge on any atom is -0.479 e. The van der Waals surface area contributed by atoms with Gasteiger partial charge in [-0.15, -0.1) is 0 Å². The smallest absolute Gasteiger partial charge is 0.331 e. The number of amides is 1. The number of nitrogens with one attached hydrogen (secondary N) is 1. The van der Waals surface area contributed by atoms with E-state index < -0.39 is 11.5 Å². The summed E-state index contributed by atoms with van der Waals surface area (Å²) < 4.78 is 1.29. The molecular formula is C15H16ClN3O3. The van der Waals surface area contributed by atoms with Gasteiger partial charge < -0.3 is 10.4 Å². The van der Waals surface area contributed by atoms with E-state index in [9.17, 15) is 9.59 Å². The average Bonchev–Trinajstić information content (AvgIpc) is 2.90. The maximum absolute atomic E-state index is 12.3. The largest absolute Gasteiger partial charge is 0.479 e. The first kappa shape index (κ1) is 16.0. The molecule has 0 radical (unpaired) electrons. The zero-order valence-corrected chi connectivity index (χ0v) is 13.2. The van der Waals surface area contributed by atoms with Crippen molar-refractivity contribution in [2.75, 3.05) is 5.32 Å². The van der Waals surface area contributed by atoms with Crippen LogP contribution >= 0.6 is 11.6 Å². The fourth-order valence-corrected chi connectivity index (χ4v) is 2.02. The third kappa shape index (κ3) is 2.96. The van der Waals surface area contributed by atoms with Crippen LogP contribution in [0.3, 0.4) is 0 Å². The first-order chi connectivity index (χ1) is 10.2. The monoisotopic (exact) mass is 321 g/mol. The lowest BCUT2D eigenvalue weighted by Crippen LogP contribution is -2.35.